The number of rotatable bonds is 11. The third-order valence-corrected chi connectivity index (χ3v) is 5.70. The molecule has 0 aliphatic heterocycles. The Morgan fingerprint density at radius 3 is 2.68 bits per heavy atom. The highest BCUT2D eigenvalue weighted by atomic mass is 16.4. The SMILES string of the molecule is CC(C)Cc1ncnc2cc(Cn3cccc(NC(=O)[C@H](CC/C=C/C(=O)N(C)C)NC(=O)[O-])c3=O)[nH]c12. The molecule has 0 aromatic carbocycles. The van der Waals surface area contributed by atoms with E-state index in [0.717, 1.165) is 28.8 Å². The fraction of sp³-hybridized carbons (Fsp3) is 0.385. The lowest BCUT2D eigenvalue weighted by atomic mass is 10.1. The number of H-pyrrole nitrogens is 1. The monoisotopic (exact) mass is 522 g/mol. The van der Waals surface area contributed by atoms with E-state index in [4.69, 9.17) is 0 Å². The van der Waals surface area contributed by atoms with Gasteiger partial charge in [-0.05, 0) is 49.5 Å². The molecule has 3 amide bonds. The van der Waals surface area contributed by atoms with Crippen LogP contribution in [0.2, 0.25) is 0 Å². The fourth-order valence-corrected chi connectivity index (χ4v) is 3.84. The van der Waals surface area contributed by atoms with Gasteiger partial charge in [-0.1, -0.05) is 19.9 Å². The van der Waals surface area contributed by atoms with E-state index < -0.39 is 23.6 Å². The van der Waals surface area contributed by atoms with Gasteiger partial charge in [0, 0.05) is 26.0 Å². The molecule has 3 heterocycles. The largest absolute Gasteiger partial charge is 0.530 e. The van der Waals surface area contributed by atoms with Gasteiger partial charge in [0.15, 0.2) is 0 Å². The lowest BCUT2D eigenvalue weighted by Crippen LogP contribution is -2.49. The van der Waals surface area contributed by atoms with Gasteiger partial charge in [-0.2, -0.15) is 0 Å². The van der Waals surface area contributed by atoms with E-state index in [1.54, 1.807) is 32.4 Å². The standard InChI is InChI=1S/C26H33N7O5/c1-16(2)12-20-23-21(28-15-27-20)13-17(29-23)14-33-11-7-9-19(25(33)36)30-24(35)18(31-26(37)38)8-5-6-10-22(34)32(3)4/h6-7,9-11,13,15-16,18,29,31H,5,8,12,14H2,1-4H3,(H,30,35)(H,37,38)/p-1/b10-6+/t18-/m0/s1. The number of carbonyl (C=O) groups is 3. The van der Waals surface area contributed by atoms with E-state index in [-0.39, 0.29) is 31.0 Å². The number of fused-ring (bicyclic) bond motifs is 1. The molecule has 0 unspecified atom stereocenters. The van der Waals surface area contributed by atoms with E-state index >= 15 is 0 Å². The quantitative estimate of drug-likeness (QED) is 0.316. The Bertz CT molecular complexity index is 1390. The highest BCUT2D eigenvalue weighted by molar-refractivity contribution is 5.96. The minimum Gasteiger partial charge on any atom is -0.530 e. The van der Waals surface area contributed by atoms with Crippen molar-refractivity contribution in [1.29, 1.82) is 0 Å². The van der Waals surface area contributed by atoms with Gasteiger partial charge in [-0.15, -0.1) is 0 Å². The van der Waals surface area contributed by atoms with Gasteiger partial charge in [0.2, 0.25) is 11.8 Å². The fourth-order valence-electron chi connectivity index (χ4n) is 3.84. The van der Waals surface area contributed by atoms with Crippen molar-refractivity contribution in [3.05, 3.63) is 64.6 Å². The van der Waals surface area contributed by atoms with Crippen LogP contribution in [0.3, 0.4) is 0 Å². The van der Waals surface area contributed by atoms with Crippen LogP contribution in [-0.2, 0) is 22.6 Å². The number of allylic oxidation sites excluding steroid dienone is 1. The zero-order valence-corrected chi connectivity index (χ0v) is 21.9. The summed E-state index contributed by atoms with van der Waals surface area (Å²) in [6, 6.07) is 3.73. The van der Waals surface area contributed by atoms with Gasteiger partial charge in [0.1, 0.15) is 24.1 Å². The van der Waals surface area contributed by atoms with E-state index in [2.05, 4.69) is 39.4 Å². The Kier molecular flexibility index (Phi) is 9.36. The van der Waals surface area contributed by atoms with Crippen molar-refractivity contribution in [2.24, 2.45) is 5.92 Å². The maximum absolute atomic E-state index is 13.1. The predicted octanol–water partition coefficient (Wildman–Crippen LogP) is 1.03. The molecule has 0 saturated carbocycles. The number of likely N-dealkylation sites (N-methyl/N-ethyl adjacent to an activating group) is 1. The van der Waals surface area contributed by atoms with Gasteiger partial charge in [0.25, 0.3) is 5.56 Å². The molecule has 1 atom stereocenters. The molecular formula is C26H32N7O5-. The number of hydrogen-bond acceptors (Lipinski definition) is 7. The zero-order chi connectivity index (χ0) is 27.8. The van der Waals surface area contributed by atoms with Crippen LogP contribution in [0.15, 0.2) is 47.7 Å². The number of aromatic amines is 1. The van der Waals surface area contributed by atoms with Crippen molar-refractivity contribution >= 4 is 34.6 Å². The Morgan fingerprint density at radius 1 is 1.24 bits per heavy atom. The topological polar surface area (TPSA) is 165 Å². The van der Waals surface area contributed by atoms with Crippen molar-refractivity contribution in [2.45, 2.75) is 45.7 Å². The second-order valence-electron chi connectivity index (χ2n) is 9.51. The summed E-state index contributed by atoms with van der Waals surface area (Å²) in [5, 5.41) is 15.7. The number of carboxylic acid groups (broad SMARTS) is 1. The zero-order valence-electron chi connectivity index (χ0n) is 21.9. The third-order valence-electron chi connectivity index (χ3n) is 5.70. The lowest BCUT2D eigenvalue weighted by Gasteiger charge is -2.19. The van der Waals surface area contributed by atoms with Gasteiger partial charge < -0.3 is 35.0 Å². The van der Waals surface area contributed by atoms with Crippen LogP contribution in [0.4, 0.5) is 10.5 Å². The molecule has 0 aliphatic rings. The minimum absolute atomic E-state index is 0.00243. The molecule has 0 radical (unpaired) electrons. The summed E-state index contributed by atoms with van der Waals surface area (Å²) in [4.78, 5) is 62.0. The molecular weight excluding hydrogens is 490 g/mol. The van der Waals surface area contributed by atoms with Crippen LogP contribution in [-0.4, -0.2) is 62.5 Å². The molecule has 12 heteroatoms. The number of aromatic nitrogens is 4. The highest BCUT2D eigenvalue weighted by Crippen LogP contribution is 2.19. The Labute approximate surface area is 219 Å². The van der Waals surface area contributed by atoms with Crippen LogP contribution >= 0.6 is 0 Å². The smallest absolute Gasteiger partial charge is 0.274 e. The van der Waals surface area contributed by atoms with Crippen LogP contribution in [0.5, 0.6) is 0 Å². The molecule has 3 aromatic heterocycles. The number of nitrogens with zero attached hydrogens (tertiary/aromatic N) is 4. The van der Waals surface area contributed by atoms with Gasteiger partial charge >= 0.3 is 0 Å². The summed E-state index contributed by atoms with van der Waals surface area (Å²) in [6.45, 7) is 4.41. The first-order chi connectivity index (χ1) is 18.0. The van der Waals surface area contributed by atoms with E-state index in [0.29, 0.717) is 5.92 Å². The Hall–Kier alpha value is -4.48. The molecule has 3 N–H and O–H groups in total. The van der Waals surface area contributed by atoms with Crippen LogP contribution < -0.4 is 21.3 Å². The number of amides is 3. The first kappa shape index (κ1) is 28.1. The first-order valence-corrected chi connectivity index (χ1v) is 12.2. The summed E-state index contributed by atoms with van der Waals surface area (Å²) in [6.07, 6.45) is 5.47. The van der Waals surface area contributed by atoms with Crippen molar-refractivity contribution in [3.8, 4) is 0 Å². The van der Waals surface area contributed by atoms with Gasteiger partial charge in [0.05, 0.1) is 23.3 Å². The minimum atomic E-state index is -1.62. The summed E-state index contributed by atoms with van der Waals surface area (Å²) in [7, 11) is 3.20. The molecule has 0 aliphatic carbocycles. The van der Waals surface area contributed by atoms with Crippen molar-refractivity contribution in [1.82, 2.24) is 29.7 Å². The Balaban J connectivity index is 1.74. The number of hydrogen-bond donors (Lipinski definition) is 3. The number of pyridine rings is 1. The second kappa shape index (κ2) is 12.7. The van der Waals surface area contributed by atoms with Gasteiger partial charge in [-0.25, -0.2) is 9.97 Å². The normalized spacial score (nSPS) is 12.1. The molecule has 0 saturated heterocycles. The van der Waals surface area contributed by atoms with Crippen LogP contribution in [0.25, 0.3) is 11.0 Å². The molecule has 0 spiro atoms. The summed E-state index contributed by atoms with van der Waals surface area (Å²) < 4.78 is 1.42. The molecule has 3 rings (SSSR count). The lowest BCUT2D eigenvalue weighted by molar-refractivity contribution is -0.251. The van der Waals surface area contributed by atoms with Crippen molar-refractivity contribution < 1.29 is 19.5 Å². The molecule has 0 fully saturated rings. The van der Waals surface area contributed by atoms with Crippen molar-refractivity contribution in [2.75, 3.05) is 19.4 Å². The first-order valence-electron chi connectivity index (χ1n) is 12.2. The van der Waals surface area contributed by atoms with E-state index in [1.807, 2.05) is 6.07 Å². The Morgan fingerprint density at radius 2 is 2.00 bits per heavy atom. The number of nitrogens with one attached hydrogen (secondary N) is 3. The molecule has 3 aromatic rings. The highest BCUT2D eigenvalue weighted by Gasteiger charge is 2.19. The molecule has 202 valence electrons. The van der Waals surface area contributed by atoms with Crippen LogP contribution in [0, 0.1) is 5.92 Å². The summed E-state index contributed by atoms with van der Waals surface area (Å²) in [5.74, 6) is -0.535. The maximum atomic E-state index is 13.1. The average Bonchev–Trinajstić information content (AvgIpc) is 3.26. The average molecular weight is 523 g/mol. The maximum Gasteiger partial charge on any atom is 0.274 e. The number of anilines is 1. The number of carbonyl (C=O) groups excluding carboxylic acids is 3. The van der Waals surface area contributed by atoms with E-state index in [9.17, 15) is 24.3 Å². The molecule has 12 nitrogen and oxygen atoms in total. The molecule has 38 heavy (non-hydrogen) atoms. The summed E-state index contributed by atoms with van der Waals surface area (Å²) >= 11 is 0. The second-order valence-corrected chi connectivity index (χ2v) is 9.51. The van der Waals surface area contributed by atoms with Crippen LogP contribution in [0.1, 0.15) is 38.1 Å². The third kappa shape index (κ3) is 7.51. The summed E-state index contributed by atoms with van der Waals surface area (Å²) in [5.41, 5.74) is 2.75. The molecule has 0 bridgehead atoms. The van der Waals surface area contributed by atoms with E-state index in [1.165, 1.54) is 27.9 Å². The predicted molar refractivity (Wildman–Crippen MR) is 140 cm³/mol. The van der Waals surface area contributed by atoms with Gasteiger partial charge in [-0.3, -0.25) is 14.4 Å². The van der Waals surface area contributed by atoms with Crippen molar-refractivity contribution in [3.63, 3.8) is 0 Å².